The van der Waals surface area contributed by atoms with Crippen LogP contribution in [-0.4, -0.2) is 8.42 Å². The molecule has 3 nitrogen and oxygen atoms in total. The number of unbranched alkanes of at least 4 members (excludes halogenated alkanes) is 1. The molecule has 2 aromatic rings. The lowest BCUT2D eigenvalue weighted by atomic mass is 9.82. The number of sulfonamides is 1. The summed E-state index contributed by atoms with van der Waals surface area (Å²) in [7, 11) is -3.56. The highest BCUT2D eigenvalue weighted by molar-refractivity contribution is 7.92. The molecule has 4 heteroatoms. The van der Waals surface area contributed by atoms with Crippen LogP contribution in [0.2, 0.25) is 0 Å². The summed E-state index contributed by atoms with van der Waals surface area (Å²) >= 11 is 0. The highest BCUT2D eigenvalue weighted by Gasteiger charge is 2.20. The Labute approximate surface area is 152 Å². The second kappa shape index (κ2) is 8.05. The van der Waals surface area contributed by atoms with Crippen molar-refractivity contribution in [1.29, 1.82) is 0 Å². The van der Waals surface area contributed by atoms with Crippen molar-refractivity contribution in [3.8, 4) is 0 Å². The summed E-state index contributed by atoms with van der Waals surface area (Å²) in [6.45, 7) is 8.62. The summed E-state index contributed by atoms with van der Waals surface area (Å²) in [6.07, 6.45) is 4.32. The fraction of sp³-hybridized carbons (Fsp3) is 0.429. The number of anilines is 1. The van der Waals surface area contributed by atoms with Gasteiger partial charge in [-0.05, 0) is 60.1 Å². The van der Waals surface area contributed by atoms with E-state index in [1.165, 1.54) is 5.56 Å². The Kier molecular flexibility index (Phi) is 6.28. The lowest BCUT2D eigenvalue weighted by molar-refractivity contribution is 0.506. The molecule has 136 valence electrons. The third-order valence-corrected chi connectivity index (χ3v) is 6.25. The minimum absolute atomic E-state index is 0.0457. The van der Waals surface area contributed by atoms with E-state index < -0.39 is 10.0 Å². The van der Waals surface area contributed by atoms with Crippen molar-refractivity contribution in [2.75, 3.05) is 4.72 Å². The van der Waals surface area contributed by atoms with Crippen LogP contribution in [0.15, 0.2) is 53.4 Å². The van der Waals surface area contributed by atoms with Gasteiger partial charge in [-0.25, -0.2) is 8.42 Å². The topological polar surface area (TPSA) is 46.2 Å². The molecule has 0 bridgehead atoms. The molecular weight excluding hydrogens is 330 g/mol. The molecule has 0 aliphatic heterocycles. The number of hydrogen-bond acceptors (Lipinski definition) is 2. The molecule has 0 saturated carbocycles. The minimum Gasteiger partial charge on any atom is -0.280 e. The molecule has 0 saturated heterocycles. The van der Waals surface area contributed by atoms with Crippen molar-refractivity contribution in [2.45, 2.75) is 63.7 Å². The summed E-state index contributed by atoms with van der Waals surface area (Å²) in [4.78, 5) is 0.290. The Balaban J connectivity index is 2.13. The van der Waals surface area contributed by atoms with E-state index in [9.17, 15) is 8.42 Å². The fourth-order valence-electron chi connectivity index (χ4n) is 2.62. The Morgan fingerprint density at radius 3 is 2.04 bits per heavy atom. The van der Waals surface area contributed by atoms with Crippen molar-refractivity contribution >= 4 is 15.7 Å². The van der Waals surface area contributed by atoms with Crippen LogP contribution in [0.4, 0.5) is 5.69 Å². The highest BCUT2D eigenvalue weighted by atomic mass is 32.2. The van der Waals surface area contributed by atoms with Crippen LogP contribution in [0.5, 0.6) is 0 Å². The number of rotatable bonds is 8. The van der Waals surface area contributed by atoms with Crippen LogP contribution in [0, 0.1) is 0 Å². The van der Waals surface area contributed by atoms with E-state index in [1.54, 1.807) is 12.1 Å². The van der Waals surface area contributed by atoms with Gasteiger partial charge in [0, 0.05) is 5.69 Å². The normalized spacial score (nSPS) is 12.2. The molecule has 0 amide bonds. The van der Waals surface area contributed by atoms with Crippen LogP contribution >= 0.6 is 0 Å². The molecule has 2 rings (SSSR count). The summed E-state index contributed by atoms with van der Waals surface area (Å²) in [5.74, 6) is 0. The zero-order valence-electron chi connectivity index (χ0n) is 15.7. The third kappa shape index (κ3) is 5.08. The van der Waals surface area contributed by atoms with E-state index in [0.717, 1.165) is 31.2 Å². The van der Waals surface area contributed by atoms with E-state index in [0.29, 0.717) is 10.6 Å². The van der Waals surface area contributed by atoms with Gasteiger partial charge in [0.1, 0.15) is 0 Å². The maximum absolute atomic E-state index is 12.6. The average molecular weight is 360 g/mol. The molecular formula is C21H29NO2S. The SMILES string of the molecule is CCCCc1ccc(NS(=O)(=O)c2ccc(C(C)(C)CC)cc2)cc1. The molecule has 0 fully saturated rings. The van der Waals surface area contributed by atoms with E-state index >= 15 is 0 Å². The predicted octanol–water partition coefficient (Wildman–Crippen LogP) is 5.52. The molecule has 25 heavy (non-hydrogen) atoms. The minimum atomic E-state index is -3.56. The first kappa shape index (κ1) is 19.5. The molecule has 0 heterocycles. The zero-order valence-corrected chi connectivity index (χ0v) is 16.5. The lowest BCUT2D eigenvalue weighted by Gasteiger charge is -2.23. The number of nitrogens with one attached hydrogen (secondary N) is 1. The van der Waals surface area contributed by atoms with Crippen molar-refractivity contribution in [3.05, 3.63) is 59.7 Å². The molecule has 0 aliphatic carbocycles. The molecule has 2 aromatic carbocycles. The average Bonchev–Trinajstić information content (AvgIpc) is 2.61. The van der Waals surface area contributed by atoms with Crippen LogP contribution in [0.25, 0.3) is 0 Å². The molecule has 0 unspecified atom stereocenters. The molecule has 1 N–H and O–H groups in total. The van der Waals surface area contributed by atoms with Gasteiger partial charge >= 0.3 is 0 Å². The monoisotopic (exact) mass is 359 g/mol. The highest BCUT2D eigenvalue weighted by Crippen LogP contribution is 2.28. The zero-order chi connectivity index (χ0) is 18.5. The van der Waals surface area contributed by atoms with Gasteiger partial charge in [-0.1, -0.05) is 58.4 Å². The van der Waals surface area contributed by atoms with Crippen molar-refractivity contribution < 1.29 is 8.42 Å². The van der Waals surface area contributed by atoms with Gasteiger partial charge in [-0.15, -0.1) is 0 Å². The van der Waals surface area contributed by atoms with E-state index in [2.05, 4.69) is 32.4 Å². The first-order chi connectivity index (χ1) is 11.8. The first-order valence-corrected chi connectivity index (χ1v) is 10.5. The summed E-state index contributed by atoms with van der Waals surface area (Å²) in [6, 6.07) is 14.8. The fourth-order valence-corrected chi connectivity index (χ4v) is 3.68. The molecule has 0 aromatic heterocycles. The second-order valence-electron chi connectivity index (χ2n) is 7.17. The van der Waals surface area contributed by atoms with Crippen LogP contribution in [-0.2, 0) is 21.9 Å². The Morgan fingerprint density at radius 2 is 1.52 bits per heavy atom. The van der Waals surface area contributed by atoms with E-state index in [1.807, 2.05) is 36.4 Å². The Morgan fingerprint density at radius 1 is 0.920 bits per heavy atom. The Hall–Kier alpha value is -1.81. The summed E-state index contributed by atoms with van der Waals surface area (Å²) in [5, 5.41) is 0. The van der Waals surface area contributed by atoms with Crippen LogP contribution < -0.4 is 4.72 Å². The smallest absolute Gasteiger partial charge is 0.261 e. The second-order valence-corrected chi connectivity index (χ2v) is 8.85. The van der Waals surface area contributed by atoms with Gasteiger partial charge < -0.3 is 0 Å². The number of hydrogen-bond donors (Lipinski definition) is 1. The van der Waals surface area contributed by atoms with Gasteiger partial charge in [0.25, 0.3) is 10.0 Å². The first-order valence-electron chi connectivity index (χ1n) is 9.01. The van der Waals surface area contributed by atoms with Crippen molar-refractivity contribution in [2.24, 2.45) is 0 Å². The molecule has 0 atom stereocenters. The predicted molar refractivity (Wildman–Crippen MR) is 106 cm³/mol. The van der Waals surface area contributed by atoms with Gasteiger partial charge in [0.05, 0.1) is 4.90 Å². The quantitative estimate of drug-likeness (QED) is 0.675. The number of benzene rings is 2. The van der Waals surface area contributed by atoms with Gasteiger partial charge in [0.2, 0.25) is 0 Å². The van der Waals surface area contributed by atoms with Gasteiger partial charge in [0.15, 0.2) is 0 Å². The third-order valence-electron chi connectivity index (χ3n) is 4.86. The molecule has 0 spiro atoms. The van der Waals surface area contributed by atoms with Crippen LogP contribution in [0.3, 0.4) is 0 Å². The number of aryl methyl sites for hydroxylation is 1. The van der Waals surface area contributed by atoms with E-state index in [-0.39, 0.29) is 5.41 Å². The summed E-state index contributed by atoms with van der Waals surface area (Å²) in [5.41, 5.74) is 3.02. The molecule has 0 radical (unpaired) electrons. The molecule has 0 aliphatic rings. The standard InChI is InChI=1S/C21H29NO2S/c1-5-7-8-17-9-13-19(14-10-17)22-25(23,24)20-15-11-18(12-16-20)21(3,4)6-2/h9-16,22H,5-8H2,1-4H3. The van der Waals surface area contributed by atoms with Crippen molar-refractivity contribution in [3.63, 3.8) is 0 Å². The largest absolute Gasteiger partial charge is 0.280 e. The maximum atomic E-state index is 12.6. The van der Waals surface area contributed by atoms with Gasteiger partial charge in [-0.2, -0.15) is 0 Å². The summed E-state index contributed by atoms with van der Waals surface area (Å²) < 4.78 is 27.8. The van der Waals surface area contributed by atoms with Gasteiger partial charge in [-0.3, -0.25) is 4.72 Å². The maximum Gasteiger partial charge on any atom is 0.261 e. The van der Waals surface area contributed by atoms with Crippen molar-refractivity contribution in [1.82, 2.24) is 0 Å². The van der Waals surface area contributed by atoms with Crippen LogP contribution in [0.1, 0.15) is 58.1 Å². The lowest BCUT2D eigenvalue weighted by Crippen LogP contribution is -2.17. The Bertz CT molecular complexity index is 776. The van der Waals surface area contributed by atoms with E-state index in [4.69, 9.17) is 0 Å².